The van der Waals surface area contributed by atoms with Gasteiger partial charge in [0.25, 0.3) is 5.91 Å². The SMILES string of the molecule is O=C(CC1CC1)NCC1CC(NC(=O)c2cccc(C3CC3)c2)C1. The first-order valence-corrected chi connectivity index (χ1v) is 9.35. The topological polar surface area (TPSA) is 58.2 Å². The zero-order valence-corrected chi connectivity index (χ0v) is 14.1. The van der Waals surface area contributed by atoms with Crippen LogP contribution in [0.5, 0.6) is 0 Å². The van der Waals surface area contributed by atoms with Crippen LogP contribution in [-0.4, -0.2) is 24.4 Å². The van der Waals surface area contributed by atoms with Crippen molar-refractivity contribution < 1.29 is 9.59 Å². The van der Waals surface area contributed by atoms with Gasteiger partial charge in [-0.2, -0.15) is 0 Å². The largest absolute Gasteiger partial charge is 0.356 e. The molecule has 0 spiro atoms. The second-order valence-corrected chi connectivity index (χ2v) is 7.86. The smallest absolute Gasteiger partial charge is 0.251 e. The highest BCUT2D eigenvalue weighted by Gasteiger charge is 2.31. The fourth-order valence-electron chi connectivity index (χ4n) is 3.55. The van der Waals surface area contributed by atoms with Crippen molar-refractivity contribution in [2.45, 2.75) is 56.9 Å². The Hall–Kier alpha value is -1.84. The highest BCUT2D eigenvalue weighted by molar-refractivity contribution is 5.94. The van der Waals surface area contributed by atoms with Gasteiger partial charge in [0.05, 0.1) is 0 Å². The predicted octanol–water partition coefficient (Wildman–Crippen LogP) is 2.99. The van der Waals surface area contributed by atoms with Crippen molar-refractivity contribution in [3.8, 4) is 0 Å². The molecule has 0 aliphatic heterocycles. The molecule has 3 fully saturated rings. The zero-order valence-electron chi connectivity index (χ0n) is 14.1. The third-order valence-electron chi connectivity index (χ3n) is 5.53. The lowest BCUT2D eigenvalue weighted by atomic mass is 9.80. The van der Waals surface area contributed by atoms with E-state index in [2.05, 4.69) is 16.7 Å². The summed E-state index contributed by atoms with van der Waals surface area (Å²) in [5.41, 5.74) is 2.08. The Labute approximate surface area is 143 Å². The molecule has 4 heteroatoms. The van der Waals surface area contributed by atoms with Crippen LogP contribution < -0.4 is 10.6 Å². The Kier molecular flexibility index (Phi) is 4.30. The van der Waals surface area contributed by atoms with E-state index in [0.717, 1.165) is 24.9 Å². The fourth-order valence-corrected chi connectivity index (χ4v) is 3.55. The Morgan fingerprint density at radius 3 is 2.54 bits per heavy atom. The molecule has 0 heterocycles. The van der Waals surface area contributed by atoms with Gasteiger partial charge in [-0.05, 0) is 74.0 Å². The predicted molar refractivity (Wildman–Crippen MR) is 92.7 cm³/mol. The Balaban J connectivity index is 1.18. The minimum Gasteiger partial charge on any atom is -0.356 e. The van der Waals surface area contributed by atoms with Crippen molar-refractivity contribution in [3.63, 3.8) is 0 Å². The summed E-state index contributed by atoms with van der Waals surface area (Å²) < 4.78 is 0. The number of nitrogens with one attached hydrogen (secondary N) is 2. The second kappa shape index (κ2) is 6.58. The standard InChI is InChI=1S/C20H26N2O2/c23-19(10-13-4-5-13)21-12-14-8-18(9-14)22-20(24)17-3-1-2-16(11-17)15-6-7-15/h1-3,11,13-15,18H,4-10,12H2,(H,21,23)(H,22,24). The van der Waals surface area contributed by atoms with Gasteiger partial charge in [0.15, 0.2) is 0 Å². The molecule has 3 aliphatic carbocycles. The lowest BCUT2D eigenvalue weighted by Crippen LogP contribution is -2.47. The maximum atomic E-state index is 12.4. The molecule has 0 bridgehead atoms. The van der Waals surface area contributed by atoms with Crippen molar-refractivity contribution in [1.82, 2.24) is 10.6 Å². The molecule has 0 radical (unpaired) electrons. The molecule has 1 aromatic carbocycles. The van der Waals surface area contributed by atoms with Crippen LogP contribution in [-0.2, 0) is 4.79 Å². The van der Waals surface area contributed by atoms with Crippen LogP contribution in [0.25, 0.3) is 0 Å². The molecule has 2 amide bonds. The number of carbonyl (C=O) groups is 2. The summed E-state index contributed by atoms with van der Waals surface area (Å²) in [7, 11) is 0. The highest BCUT2D eigenvalue weighted by atomic mass is 16.2. The molecule has 0 saturated heterocycles. The van der Waals surface area contributed by atoms with Crippen molar-refractivity contribution in [3.05, 3.63) is 35.4 Å². The number of hydrogen-bond acceptors (Lipinski definition) is 2. The summed E-state index contributed by atoms with van der Waals surface area (Å²) in [6.45, 7) is 0.759. The summed E-state index contributed by atoms with van der Waals surface area (Å²) in [4.78, 5) is 24.1. The van der Waals surface area contributed by atoms with Crippen molar-refractivity contribution in [2.24, 2.45) is 11.8 Å². The minimum absolute atomic E-state index is 0.0405. The average Bonchev–Trinajstić information content (AvgIpc) is 3.43. The normalized spacial score (nSPS) is 25.7. The molecule has 0 aromatic heterocycles. The summed E-state index contributed by atoms with van der Waals surface area (Å²) in [6, 6.07) is 8.31. The van der Waals surface area contributed by atoms with E-state index in [-0.39, 0.29) is 17.9 Å². The third-order valence-corrected chi connectivity index (χ3v) is 5.53. The van der Waals surface area contributed by atoms with E-state index in [9.17, 15) is 9.59 Å². The Bertz CT molecular complexity index is 628. The van der Waals surface area contributed by atoms with Crippen LogP contribution in [0.1, 0.15) is 66.8 Å². The van der Waals surface area contributed by atoms with Gasteiger partial charge in [-0.3, -0.25) is 9.59 Å². The van der Waals surface area contributed by atoms with Crippen LogP contribution in [0.2, 0.25) is 0 Å². The van der Waals surface area contributed by atoms with E-state index in [1.165, 1.54) is 31.2 Å². The van der Waals surface area contributed by atoms with Crippen molar-refractivity contribution in [2.75, 3.05) is 6.54 Å². The average molecular weight is 326 g/mol. The van der Waals surface area contributed by atoms with Crippen LogP contribution >= 0.6 is 0 Å². The van der Waals surface area contributed by atoms with Crippen molar-refractivity contribution in [1.29, 1.82) is 0 Å². The molecule has 2 N–H and O–H groups in total. The van der Waals surface area contributed by atoms with Gasteiger partial charge in [-0.1, -0.05) is 12.1 Å². The van der Waals surface area contributed by atoms with E-state index in [1.807, 2.05) is 18.2 Å². The zero-order chi connectivity index (χ0) is 16.5. The van der Waals surface area contributed by atoms with Gasteiger partial charge >= 0.3 is 0 Å². The Morgan fingerprint density at radius 2 is 1.83 bits per heavy atom. The number of hydrogen-bond donors (Lipinski definition) is 2. The molecule has 128 valence electrons. The van der Waals surface area contributed by atoms with Crippen molar-refractivity contribution >= 4 is 11.8 Å². The highest BCUT2D eigenvalue weighted by Crippen LogP contribution is 2.40. The number of rotatable bonds is 7. The second-order valence-electron chi connectivity index (χ2n) is 7.86. The molecule has 24 heavy (non-hydrogen) atoms. The first kappa shape index (κ1) is 15.7. The van der Waals surface area contributed by atoms with E-state index < -0.39 is 0 Å². The maximum absolute atomic E-state index is 12.4. The summed E-state index contributed by atoms with van der Waals surface area (Å²) in [6.07, 6.45) is 7.57. The van der Waals surface area contributed by atoms with Gasteiger partial charge in [0.2, 0.25) is 5.91 Å². The molecule has 4 rings (SSSR count). The van der Waals surface area contributed by atoms with Gasteiger partial charge in [-0.25, -0.2) is 0 Å². The minimum atomic E-state index is 0.0405. The van der Waals surface area contributed by atoms with E-state index in [0.29, 0.717) is 24.2 Å². The van der Waals surface area contributed by atoms with Gasteiger partial charge in [0, 0.05) is 24.6 Å². The van der Waals surface area contributed by atoms with Crippen LogP contribution in [0, 0.1) is 11.8 Å². The molecule has 1 aromatic rings. The van der Waals surface area contributed by atoms with E-state index in [1.54, 1.807) is 0 Å². The number of carbonyl (C=O) groups excluding carboxylic acids is 2. The van der Waals surface area contributed by atoms with Crippen LogP contribution in [0.15, 0.2) is 24.3 Å². The number of amides is 2. The molecular weight excluding hydrogens is 300 g/mol. The van der Waals surface area contributed by atoms with Crippen LogP contribution in [0.4, 0.5) is 0 Å². The van der Waals surface area contributed by atoms with E-state index in [4.69, 9.17) is 0 Å². The third kappa shape index (κ3) is 3.97. The molecule has 4 nitrogen and oxygen atoms in total. The lowest BCUT2D eigenvalue weighted by molar-refractivity contribution is -0.121. The maximum Gasteiger partial charge on any atom is 0.251 e. The van der Waals surface area contributed by atoms with E-state index >= 15 is 0 Å². The molecular formula is C20H26N2O2. The fraction of sp³-hybridized carbons (Fsp3) is 0.600. The summed E-state index contributed by atoms with van der Waals surface area (Å²) in [5.74, 6) is 2.06. The number of benzene rings is 1. The molecule has 0 unspecified atom stereocenters. The summed E-state index contributed by atoms with van der Waals surface area (Å²) in [5, 5.41) is 6.16. The lowest BCUT2D eigenvalue weighted by Gasteiger charge is -2.36. The first-order chi connectivity index (χ1) is 11.7. The summed E-state index contributed by atoms with van der Waals surface area (Å²) >= 11 is 0. The van der Waals surface area contributed by atoms with Gasteiger partial charge < -0.3 is 10.6 Å². The van der Waals surface area contributed by atoms with Gasteiger partial charge in [-0.15, -0.1) is 0 Å². The molecule has 0 atom stereocenters. The quantitative estimate of drug-likeness (QED) is 0.809. The molecule has 3 aliphatic rings. The Morgan fingerprint density at radius 1 is 1.04 bits per heavy atom. The molecule has 3 saturated carbocycles. The first-order valence-electron chi connectivity index (χ1n) is 9.35. The van der Waals surface area contributed by atoms with Gasteiger partial charge in [0.1, 0.15) is 0 Å². The van der Waals surface area contributed by atoms with Crippen LogP contribution in [0.3, 0.4) is 0 Å². The monoisotopic (exact) mass is 326 g/mol.